The number of nitrogens with zero attached hydrogens (tertiary/aromatic N) is 2. The minimum atomic E-state index is -0.562. The number of hydrogen-bond donors (Lipinski definition) is 0. The highest BCUT2D eigenvalue weighted by molar-refractivity contribution is 6.06. The van der Waals surface area contributed by atoms with Gasteiger partial charge in [-0.05, 0) is 61.7 Å². The molecule has 0 fully saturated rings. The molecule has 0 aliphatic carbocycles. The maximum Gasteiger partial charge on any atom is 0.347 e. The lowest BCUT2D eigenvalue weighted by molar-refractivity contribution is 0.104. The molecule has 1 aromatic carbocycles. The fraction of sp³-hybridized carbons (Fsp3) is 0.333. The molecule has 0 spiro atoms. The molecule has 150 valence electrons. The van der Waals surface area contributed by atoms with Crippen LogP contribution in [0, 0.1) is 0 Å². The summed E-state index contributed by atoms with van der Waals surface area (Å²) < 4.78 is 5.68. The fourth-order valence-corrected chi connectivity index (χ4v) is 4.20. The normalized spacial score (nSPS) is 16.3. The van der Waals surface area contributed by atoms with E-state index in [1.807, 2.05) is 37.3 Å². The highest BCUT2D eigenvalue weighted by Crippen LogP contribution is 2.39. The summed E-state index contributed by atoms with van der Waals surface area (Å²) in [5, 5.41) is 0.850. The molecule has 2 aliphatic heterocycles. The van der Waals surface area contributed by atoms with E-state index in [1.165, 1.54) is 17.3 Å². The Hall–Kier alpha value is -3.08. The third kappa shape index (κ3) is 3.90. The van der Waals surface area contributed by atoms with E-state index in [1.54, 1.807) is 18.2 Å². The molecule has 0 amide bonds. The van der Waals surface area contributed by atoms with Crippen LogP contribution in [0.4, 0.5) is 5.69 Å². The number of carbonyl (C=O) groups excluding carboxylic acids is 1. The molecule has 0 radical (unpaired) electrons. The lowest BCUT2D eigenvalue weighted by Gasteiger charge is -2.37. The van der Waals surface area contributed by atoms with Gasteiger partial charge in [0, 0.05) is 43.8 Å². The molecule has 2 aromatic rings. The number of ketones is 1. The van der Waals surface area contributed by atoms with Crippen molar-refractivity contribution in [2.45, 2.75) is 25.7 Å². The number of carbonyl (C=O) groups is 1. The Bertz CT molecular complexity index is 1090. The van der Waals surface area contributed by atoms with E-state index in [4.69, 9.17) is 4.42 Å². The summed E-state index contributed by atoms with van der Waals surface area (Å²) in [6.07, 6.45) is 14.6. The first kappa shape index (κ1) is 19.2. The Kier molecular flexibility index (Phi) is 5.38. The quantitative estimate of drug-likeness (QED) is 0.336. The largest absolute Gasteiger partial charge is 0.422 e. The molecular weight excluding hydrogens is 364 g/mol. The Morgan fingerprint density at radius 2 is 1.83 bits per heavy atom. The van der Waals surface area contributed by atoms with Gasteiger partial charge in [-0.15, -0.1) is 0 Å². The number of aryl methyl sites for hydroxylation is 2. The zero-order valence-corrected chi connectivity index (χ0v) is 17.0. The van der Waals surface area contributed by atoms with Crippen molar-refractivity contribution in [3.63, 3.8) is 0 Å². The number of anilines is 1. The lowest BCUT2D eigenvalue weighted by atomic mass is 9.90. The monoisotopic (exact) mass is 390 g/mol. The van der Waals surface area contributed by atoms with Crippen LogP contribution >= 0.6 is 0 Å². The van der Waals surface area contributed by atoms with E-state index in [-0.39, 0.29) is 11.3 Å². The molecule has 0 atom stereocenters. The molecule has 5 nitrogen and oxygen atoms in total. The third-order valence-corrected chi connectivity index (χ3v) is 5.45. The first-order valence-corrected chi connectivity index (χ1v) is 10.1. The van der Waals surface area contributed by atoms with Crippen LogP contribution in [0.3, 0.4) is 0 Å². The van der Waals surface area contributed by atoms with Crippen molar-refractivity contribution >= 4 is 22.4 Å². The van der Waals surface area contributed by atoms with Crippen molar-refractivity contribution in [2.75, 3.05) is 32.1 Å². The first-order valence-electron chi connectivity index (χ1n) is 10.1. The van der Waals surface area contributed by atoms with Crippen molar-refractivity contribution in [3.8, 4) is 0 Å². The predicted octanol–water partition coefficient (Wildman–Crippen LogP) is 3.86. The second-order valence-electron chi connectivity index (χ2n) is 7.84. The van der Waals surface area contributed by atoms with Crippen molar-refractivity contribution in [3.05, 3.63) is 75.8 Å². The molecule has 4 rings (SSSR count). The zero-order chi connectivity index (χ0) is 20.4. The Balaban J connectivity index is 1.67. The highest BCUT2D eigenvalue weighted by Gasteiger charge is 2.27. The summed E-state index contributed by atoms with van der Waals surface area (Å²) in [7, 11) is 3.87. The first-order chi connectivity index (χ1) is 14.0. The van der Waals surface area contributed by atoms with Crippen molar-refractivity contribution in [1.29, 1.82) is 0 Å². The van der Waals surface area contributed by atoms with Crippen molar-refractivity contribution in [2.24, 2.45) is 0 Å². The van der Waals surface area contributed by atoms with Gasteiger partial charge >= 0.3 is 5.63 Å². The Morgan fingerprint density at radius 1 is 1.07 bits per heavy atom. The van der Waals surface area contributed by atoms with Gasteiger partial charge in [0.25, 0.3) is 0 Å². The van der Waals surface area contributed by atoms with E-state index >= 15 is 0 Å². The number of allylic oxidation sites excluding steroid dienone is 5. The SMILES string of the molecule is CN(C)/C=C/C=C/C=C/C(=O)c1cc2cc3c4c(c2oc1=O)CCCN4CCC3. The molecule has 5 heteroatoms. The molecule has 0 bridgehead atoms. The summed E-state index contributed by atoms with van der Waals surface area (Å²) in [6, 6.07) is 3.80. The van der Waals surface area contributed by atoms with E-state index in [9.17, 15) is 9.59 Å². The van der Waals surface area contributed by atoms with Crippen LogP contribution in [-0.2, 0) is 12.8 Å². The maximum absolute atomic E-state index is 12.6. The molecule has 3 heterocycles. The van der Waals surface area contributed by atoms with Gasteiger partial charge in [0.15, 0.2) is 5.78 Å². The Morgan fingerprint density at radius 3 is 2.62 bits per heavy atom. The summed E-state index contributed by atoms with van der Waals surface area (Å²) in [6.45, 7) is 2.13. The molecule has 0 saturated heterocycles. The molecule has 0 N–H and O–H groups in total. The van der Waals surface area contributed by atoms with E-state index in [2.05, 4.69) is 11.0 Å². The molecule has 29 heavy (non-hydrogen) atoms. The molecule has 1 aromatic heterocycles. The van der Waals surface area contributed by atoms with Gasteiger partial charge in [0.2, 0.25) is 0 Å². The average molecular weight is 390 g/mol. The summed E-state index contributed by atoms with van der Waals surface area (Å²) >= 11 is 0. The summed E-state index contributed by atoms with van der Waals surface area (Å²) in [5.41, 5.74) is 3.86. The second kappa shape index (κ2) is 8.11. The van der Waals surface area contributed by atoms with Gasteiger partial charge < -0.3 is 14.2 Å². The fourth-order valence-electron chi connectivity index (χ4n) is 4.20. The molecule has 0 saturated carbocycles. The predicted molar refractivity (Wildman–Crippen MR) is 117 cm³/mol. The van der Waals surface area contributed by atoms with Crippen LogP contribution in [-0.4, -0.2) is 37.9 Å². The van der Waals surface area contributed by atoms with Crippen LogP contribution in [0.2, 0.25) is 0 Å². The van der Waals surface area contributed by atoms with E-state index in [0.717, 1.165) is 49.7 Å². The van der Waals surface area contributed by atoms with Gasteiger partial charge in [0.05, 0.1) is 0 Å². The number of rotatable bonds is 5. The van der Waals surface area contributed by atoms with Gasteiger partial charge in [0.1, 0.15) is 11.1 Å². The minimum Gasteiger partial charge on any atom is -0.422 e. The molecular formula is C24H26N2O3. The smallest absolute Gasteiger partial charge is 0.347 e. The van der Waals surface area contributed by atoms with E-state index in [0.29, 0.717) is 5.58 Å². The van der Waals surface area contributed by atoms with Gasteiger partial charge in [-0.2, -0.15) is 0 Å². The van der Waals surface area contributed by atoms with Crippen LogP contribution in [0.15, 0.2) is 57.9 Å². The Labute approximate surface area is 170 Å². The lowest BCUT2D eigenvalue weighted by Crippen LogP contribution is -2.34. The number of fused-ring (bicyclic) bond motifs is 2. The summed E-state index contributed by atoms with van der Waals surface area (Å²) in [5.74, 6) is -0.338. The highest BCUT2D eigenvalue weighted by atomic mass is 16.4. The van der Waals surface area contributed by atoms with E-state index < -0.39 is 5.63 Å². The summed E-state index contributed by atoms with van der Waals surface area (Å²) in [4.78, 5) is 29.4. The second-order valence-corrected chi connectivity index (χ2v) is 7.84. The zero-order valence-electron chi connectivity index (χ0n) is 17.0. The average Bonchev–Trinajstić information content (AvgIpc) is 2.70. The van der Waals surface area contributed by atoms with Gasteiger partial charge in [-0.25, -0.2) is 4.79 Å². The van der Waals surface area contributed by atoms with Gasteiger partial charge in [-0.1, -0.05) is 18.2 Å². The van der Waals surface area contributed by atoms with Crippen LogP contribution in [0.25, 0.3) is 11.0 Å². The number of hydrogen-bond acceptors (Lipinski definition) is 5. The standard InChI is InChI=1S/C24H26N2O3/c1-25(2)12-6-4-3-5-11-21(27)20-16-18-15-17-9-7-13-26-14-8-10-19(22(17)26)23(18)29-24(20)28/h3-6,11-12,15-16H,7-10,13-14H2,1-2H3/b4-3+,11-5+,12-6+. The molecule has 0 unspecified atom stereocenters. The number of benzene rings is 1. The third-order valence-electron chi connectivity index (χ3n) is 5.45. The minimum absolute atomic E-state index is 0.0848. The van der Waals surface area contributed by atoms with Crippen LogP contribution < -0.4 is 10.5 Å². The van der Waals surface area contributed by atoms with Crippen molar-refractivity contribution < 1.29 is 9.21 Å². The van der Waals surface area contributed by atoms with Crippen LogP contribution in [0.5, 0.6) is 0 Å². The van der Waals surface area contributed by atoms with Gasteiger partial charge in [-0.3, -0.25) is 4.79 Å². The van der Waals surface area contributed by atoms with Crippen molar-refractivity contribution in [1.82, 2.24) is 4.90 Å². The van der Waals surface area contributed by atoms with Crippen LogP contribution in [0.1, 0.15) is 34.3 Å². The topological polar surface area (TPSA) is 53.8 Å². The maximum atomic E-state index is 12.6. The molecule has 2 aliphatic rings.